The van der Waals surface area contributed by atoms with Gasteiger partial charge in [0.15, 0.2) is 6.61 Å². The zero-order valence-corrected chi connectivity index (χ0v) is 14.0. The van der Waals surface area contributed by atoms with Crippen molar-refractivity contribution in [3.63, 3.8) is 0 Å². The van der Waals surface area contributed by atoms with E-state index in [1.807, 2.05) is 13.0 Å². The first-order valence-electron chi connectivity index (χ1n) is 8.23. The number of furan rings is 1. The number of carbonyl (C=O) groups is 1. The maximum Gasteiger partial charge on any atom is 0.258 e. The van der Waals surface area contributed by atoms with Crippen molar-refractivity contribution in [2.24, 2.45) is 0 Å². The van der Waals surface area contributed by atoms with Crippen molar-refractivity contribution in [1.29, 1.82) is 0 Å². The van der Waals surface area contributed by atoms with Gasteiger partial charge in [0.05, 0.1) is 18.2 Å². The molecule has 0 aliphatic carbocycles. The van der Waals surface area contributed by atoms with Gasteiger partial charge in [-0.05, 0) is 36.8 Å². The van der Waals surface area contributed by atoms with Crippen molar-refractivity contribution in [2.75, 3.05) is 6.61 Å². The maximum absolute atomic E-state index is 12.5. The molecule has 0 atom stereocenters. The number of hydrogen-bond donors (Lipinski definition) is 1. The number of fused-ring (bicyclic) bond motifs is 1. The third kappa shape index (κ3) is 3.91. The van der Waals surface area contributed by atoms with Crippen LogP contribution in [-0.2, 0) is 17.9 Å². The van der Waals surface area contributed by atoms with E-state index < -0.39 is 0 Å². The standard InChI is InChI=1S/C19H20N2O4/c1-2-9-21-10-8-15-16(19(21)23)6-3-7-17(15)25-13-18(22)20-12-14-5-4-11-24-14/h3-8,10-11H,2,9,12-13H2,1H3,(H,20,22). The normalized spacial score (nSPS) is 10.8. The summed E-state index contributed by atoms with van der Waals surface area (Å²) < 4.78 is 12.5. The molecular weight excluding hydrogens is 320 g/mol. The van der Waals surface area contributed by atoms with Crippen LogP contribution in [0.4, 0.5) is 0 Å². The zero-order chi connectivity index (χ0) is 17.6. The molecule has 6 heteroatoms. The number of hydrogen-bond acceptors (Lipinski definition) is 4. The van der Waals surface area contributed by atoms with Crippen LogP contribution in [0.3, 0.4) is 0 Å². The van der Waals surface area contributed by atoms with Crippen molar-refractivity contribution < 1.29 is 13.9 Å². The molecule has 0 saturated carbocycles. The van der Waals surface area contributed by atoms with E-state index in [0.29, 0.717) is 35.4 Å². The third-order valence-corrected chi connectivity index (χ3v) is 3.84. The van der Waals surface area contributed by atoms with Gasteiger partial charge < -0.3 is 19.0 Å². The summed E-state index contributed by atoms with van der Waals surface area (Å²) in [6, 6.07) is 10.7. The summed E-state index contributed by atoms with van der Waals surface area (Å²) in [7, 11) is 0. The van der Waals surface area contributed by atoms with Gasteiger partial charge in [0.1, 0.15) is 11.5 Å². The molecule has 0 unspecified atom stereocenters. The number of aromatic nitrogens is 1. The molecule has 3 rings (SSSR count). The van der Waals surface area contributed by atoms with Crippen molar-refractivity contribution in [3.8, 4) is 5.75 Å². The van der Waals surface area contributed by atoms with E-state index >= 15 is 0 Å². The highest BCUT2D eigenvalue weighted by molar-refractivity contribution is 5.88. The highest BCUT2D eigenvalue weighted by Gasteiger charge is 2.09. The maximum atomic E-state index is 12.5. The van der Waals surface area contributed by atoms with Gasteiger partial charge in [0, 0.05) is 18.1 Å². The second-order valence-corrected chi connectivity index (χ2v) is 5.68. The third-order valence-electron chi connectivity index (χ3n) is 3.84. The molecule has 0 bridgehead atoms. The number of nitrogens with one attached hydrogen (secondary N) is 1. The lowest BCUT2D eigenvalue weighted by molar-refractivity contribution is -0.123. The van der Waals surface area contributed by atoms with E-state index in [1.165, 1.54) is 0 Å². The van der Waals surface area contributed by atoms with Crippen LogP contribution in [-0.4, -0.2) is 17.1 Å². The van der Waals surface area contributed by atoms with Gasteiger partial charge in [-0.3, -0.25) is 9.59 Å². The highest BCUT2D eigenvalue weighted by atomic mass is 16.5. The van der Waals surface area contributed by atoms with Crippen LogP contribution in [0.2, 0.25) is 0 Å². The van der Waals surface area contributed by atoms with E-state index in [4.69, 9.17) is 9.15 Å². The zero-order valence-electron chi connectivity index (χ0n) is 14.0. The van der Waals surface area contributed by atoms with Gasteiger partial charge in [-0.2, -0.15) is 0 Å². The summed E-state index contributed by atoms with van der Waals surface area (Å²) in [6.07, 6.45) is 4.20. The van der Waals surface area contributed by atoms with Gasteiger partial charge in [-0.1, -0.05) is 13.0 Å². The monoisotopic (exact) mass is 340 g/mol. The van der Waals surface area contributed by atoms with Gasteiger partial charge in [-0.15, -0.1) is 0 Å². The van der Waals surface area contributed by atoms with Crippen molar-refractivity contribution in [3.05, 3.63) is 65.0 Å². The van der Waals surface area contributed by atoms with Crippen LogP contribution in [0.25, 0.3) is 10.8 Å². The SMILES string of the molecule is CCCn1ccc2c(OCC(=O)NCc3ccco3)cccc2c1=O. The lowest BCUT2D eigenvalue weighted by Crippen LogP contribution is -2.28. The predicted octanol–water partition coefficient (Wildman–Crippen LogP) is 2.70. The molecule has 0 spiro atoms. The van der Waals surface area contributed by atoms with Gasteiger partial charge in [0.2, 0.25) is 0 Å². The Hall–Kier alpha value is -3.02. The molecule has 0 saturated heterocycles. The van der Waals surface area contributed by atoms with E-state index in [9.17, 15) is 9.59 Å². The fourth-order valence-corrected chi connectivity index (χ4v) is 2.63. The summed E-state index contributed by atoms with van der Waals surface area (Å²) in [4.78, 5) is 24.4. The average molecular weight is 340 g/mol. The second kappa shape index (κ2) is 7.70. The number of ether oxygens (including phenoxy) is 1. The van der Waals surface area contributed by atoms with Gasteiger partial charge in [-0.25, -0.2) is 0 Å². The molecule has 1 aromatic carbocycles. The second-order valence-electron chi connectivity index (χ2n) is 5.68. The van der Waals surface area contributed by atoms with E-state index in [-0.39, 0.29) is 18.1 Å². The number of benzene rings is 1. The topological polar surface area (TPSA) is 73.5 Å². The number of carbonyl (C=O) groups excluding carboxylic acids is 1. The van der Waals surface area contributed by atoms with Gasteiger partial charge in [0.25, 0.3) is 11.5 Å². The Labute approximate surface area is 145 Å². The van der Waals surface area contributed by atoms with Crippen LogP contribution >= 0.6 is 0 Å². The molecular formula is C19H20N2O4. The summed E-state index contributed by atoms with van der Waals surface area (Å²) in [5, 5.41) is 4.01. The summed E-state index contributed by atoms with van der Waals surface area (Å²) in [5.41, 5.74) is -0.0490. The average Bonchev–Trinajstić information content (AvgIpc) is 3.14. The Balaban J connectivity index is 1.70. The molecule has 2 aromatic heterocycles. The Morgan fingerprint density at radius 2 is 2.08 bits per heavy atom. The van der Waals surface area contributed by atoms with E-state index in [1.54, 1.807) is 47.4 Å². The molecule has 1 N–H and O–H groups in total. The van der Waals surface area contributed by atoms with Crippen LogP contribution in [0.1, 0.15) is 19.1 Å². The van der Waals surface area contributed by atoms with Crippen molar-refractivity contribution in [1.82, 2.24) is 9.88 Å². The Morgan fingerprint density at radius 3 is 2.84 bits per heavy atom. The van der Waals surface area contributed by atoms with Crippen molar-refractivity contribution >= 4 is 16.7 Å². The molecule has 130 valence electrons. The van der Waals surface area contributed by atoms with E-state index in [2.05, 4.69) is 5.32 Å². The van der Waals surface area contributed by atoms with E-state index in [0.717, 1.165) is 6.42 Å². The number of amides is 1. The summed E-state index contributed by atoms with van der Waals surface area (Å²) >= 11 is 0. The first-order chi connectivity index (χ1) is 12.2. The fourth-order valence-electron chi connectivity index (χ4n) is 2.63. The highest BCUT2D eigenvalue weighted by Crippen LogP contribution is 2.23. The fraction of sp³-hybridized carbons (Fsp3) is 0.263. The number of pyridine rings is 1. The molecule has 1 amide bonds. The molecule has 3 aromatic rings. The van der Waals surface area contributed by atoms with Crippen LogP contribution in [0, 0.1) is 0 Å². The molecule has 0 aliphatic heterocycles. The summed E-state index contributed by atoms with van der Waals surface area (Å²) in [6.45, 7) is 2.89. The minimum absolute atomic E-state index is 0.0490. The molecule has 2 heterocycles. The smallest absolute Gasteiger partial charge is 0.258 e. The number of aryl methyl sites for hydroxylation is 1. The van der Waals surface area contributed by atoms with Crippen LogP contribution in [0.15, 0.2) is 58.1 Å². The lowest BCUT2D eigenvalue weighted by Gasteiger charge is -2.11. The van der Waals surface area contributed by atoms with Crippen LogP contribution in [0.5, 0.6) is 5.75 Å². The summed E-state index contributed by atoms with van der Waals surface area (Å²) in [5.74, 6) is 0.939. The lowest BCUT2D eigenvalue weighted by atomic mass is 10.1. The Kier molecular flexibility index (Phi) is 5.18. The first-order valence-corrected chi connectivity index (χ1v) is 8.23. The molecule has 6 nitrogen and oxygen atoms in total. The molecule has 0 fully saturated rings. The molecule has 25 heavy (non-hydrogen) atoms. The predicted molar refractivity (Wildman–Crippen MR) is 94.5 cm³/mol. The minimum atomic E-state index is -0.257. The molecule has 0 aliphatic rings. The first kappa shape index (κ1) is 16.8. The Bertz CT molecular complexity index is 913. The quantitative estimate of drug-likeness (QED) is 0.718. The Morgan fingerprint density at radius 1 is 1.20 bits per heavy atom. The largest absolute Gasteiger partial charge is 0.483 e. The molecule has 0 radical (unpaired) electrons. The minimum Gasteiger partial charge on any atom is -0.483 e. The van der Waals surface area contributed by atoms with Gasteiger partial charge >= 0.3 is 0 Å². The van der Waals surface area contributed by atoms with Crippen LogP contribution < -0.4 is 15.6 Å². The van der Waals surface area contributed by atoms with Crippen molar-refractivity contribution in [2.45, 2.75) is 26.4 Å². The number of rotatable bonds is 7. The number of nitrogens with zero attached hydrogens (tertiary/aromatic N) is 1.